The first-order valence-electron chi connectivity index (χ1n) is 12.8. The Morgan fingerprint density at radius 1 is 0.865 bits per heavy atom. The van der Waals surface area contributed by atoms with Gasteiger partial charge in [0.05, 0.1) is 5.56 Å². The third-order valence-corrected chi connectivity index (χ3v) is 6.87. The van der Waals surface area contributed by atoms with Crippen LogP contribution in [-0.4, -0.2) is 31.3 Å². The third kappa shape index (κ3) is 7.01. The molecule has 6 heteroatoms. The minimum Gasteiger partial charge on any atom is -0.491 e. The van der Waals surface area contributed by atoms with Gasteiger partial charge in [-0.05, 0) is 72.8 Å². The van der Waals surface area contributed by atoms with Gasteiger partial charge in [-0.2, -0.15) is 13.2 Å². The number of hydrogen-bond acceptors (Lipinski definition) is 2. The van der Waals surface area contributed by atoms with Crippen LogP contribution in [0.2, 0.25) is 0 Å². The lowest BCUT2D eigenvalue weighted by molar-refractivity contribution is -0.137. The Bertz CT molecular complexity index is 1200. The maximum Gasteiger partial charge on any atom is 0.417 e. The van der Waals surface area contributed by atoms with Crippen molar-refractivity contribution in [2.75, 3.05) is 26.4 Å². The van der Waals surface area contributed by atoms with Crippen LogP contribution in [0.1, 0.15) is 53.5 Å². The van der Waals surface area contributed by atoms with E-state index in [2.05, 4.69) is 4.90 Å². The van der Waals surface area contributed by atoms with Gasteiger partial charge >= 0.3 is 6.18 Å². The van der Waals surface area contributed by atoms with Crippen molar-refractivity contribution >= 4 is 12.2 Å². The fraction of sp³-hybridized carbons (Fsp3) is 0.355. The Morgan fingerprint density at radius 3 is 2.24 bits per heavy atom. The average molecular weight is 512 g/mol. The predicted molar refractivity (Wildman–Crippen MR) is 142 cm³/mol. The number of benzene rings is 3. The second-order valence-corrected chi connectivity index (χ2v) is 9.49. The van der Waals surface area contributed by atoms with Crippen LogP contribution in [0.3, 0.4) is 0 Å². The van der Waals surface area contributed by atoms with Crippen molar-refractivity contribution in [2.24, 2.45) is 0 Å². The van der Waals surface area contributed by atoms with Gasteiger partial charge in [0, 0.05) is 12.1 Å². The lowest BCUT2D eigenvalue weighted by atomic mass is 9.95. The second-order valence-electron chi connectivity index (χ2n) is 9.49. The molecule has 0 unspecified atom stereocenters. The maximum absolute atomic E-state index is 14.2. The summed E-state index contributed by atoms with van der Waals surface area (Å²) in [4.78, 5) is 2.17. The minimum atomic E-state index is -4.53. The van der Waals surface area contributed by atoms with Gasteiger partial charge in [-0.25, -0.2) is 4.39 Å². The number of ether oxygens (including phenoxy) is 1. The smallest absolute Gasteiger partial charge is 0.417 e. The molecule has 0 N–H and O–H groups in total. The molecule has 1 aliphatic heterocycles. The molecule has 2 nitrogen and oxygen atoms in total. The van der Waals surface area contributed by atoms with E-state index in [1.165, 1.54) is 18.2 Å². The molecular formula is C31H33F4NO. The van der Waals surface area contributed by atoms with E-state index in [1.807, 2.05) is 55.5 Å². The molecule has 0 amide bonds. The quantitative estimate of drug-likeness (QED) is 0.222. The lowest BCUT2D eigenvalue weighted by Gasteiger charge is -2.23. The monoisotopic (exact) mass is 511 g/mol. The molecule has 0 spiro atoms. The molecule has 1 saturated heterocycles. The van der Waals surface area contributed by atoms with E-state index in [4.69, 9.17) is 4.74 Å². The molecule has 0 aromatic heterocycles. The van der Waals surface area contributed by atoms with Gasteiger partial charge in [0.1, 0.15) is 19.0 Å². The first-order chi connectivity index (χ1) is 17.9. The van der Waals surface area contributed by atoms with E-state index in [1.54, 1.807) is 6.08 Å². The van der Waals surface area contributed by atoms with E-state index in [0.29, 0.717) is 17.9 Å². The molecule has 3 aromatic carbocycles. The summed E-state index contributed by atoms with van der Waals surface area (Å²) >= 11 is 0. The Labute approximate surface area is 216 Å². The van der Waals surface area contributed by atoms with Crippen LogP contribution in [-0.2, 0) is 12.7 Å². The molecule has 1 heterocycles. The van der Waals surface area contributed by atoms with Crippen molar-refractivity contribution in [3.05, 3.63) is 88.5 Å². The molecule has 1 aliphatic rings. The van der Waals surface area contributed by atoms with E-state index in [9.17, 15) is 17.6 Å². The number of rotatable bonds is 8. The maximum atomic E-state index is 14.2. The fourth-order valence-electron chi connectivity index (χ4n) is 4.91. The molecular weight excluding hydrogens is 478 g/mol. The van der Waals surface area contributed by atoms with Gasteiger partial charge in [-0.3, -0.25) is 4.90 Å². The first-order valence-corrected chi connectivity index (χ1v) is 12.8. The summed E-state index contributed by atoms with van der Waals surface area (Å²) in [6.07, 6.45) is 2.96. The highest BCUT2D eigenvalue weighted by atomic mass is 19.4. The van der Waals surface area contributed by atoms with Crippen molar-refractivity contribution in [1.82, 2.24) is 4.90 Å². The molecule has 0 saturated carbocycles. The van der Waals surface area contributed by atoms with Gasteiger partial charge in [0.2, 0.25) is 0 Å². The highest BCUT2D eigenvalue weighted by Crippen LogP contribution is 2.38. The first kappa shape index (κ1) is 26.9. The fourth-order valence-corrected chi connectivity index (χ4v) is 4.91. The topological polar surface area (TPSA) is 12.5 Å². The molecule has 0 radical (unpaired) electrons. The summed E-state index contributed by atoms with van der Waals surface area (Å²) in [7, 11) is 0. The van der Waals surface area contributed by atoms with Crippen molar-refractivity contribution < 1.29 is 22.3 Å². The molecule has 1 fully saturated rings. The van der Waals surface area contributed by atoms with Gasteiger partial charge in [-0.1, -0.05) is 73.5 Å². The normalized spacial score (nSPS) is 15.2. The molecule has 0 aliphatic carbocycles. The van der Waals surface area contributed by atoms with Gasteiger partial charge < -0.3 is 4.74 Å². The standard InChI is InChI=1S/C31H33F4NO/c1-23-24(12-9-13-28(23)25-10-5-4-6-11-25)14-15-26-21-30(37-19-16-32)27(20-29(26)31(33,34)35)22-36-17-7-2-3-8-18-36/h4-6,9-15,20-21H,2-3,7-8,16-19,22H2,1H3/b15-14+. The summed E-state index contributed by atoms with van der Waals surface area (Å²) in [6.45, 7) is 3.09. The zero-order valence-corrected chi connectivity index (χ0v) is 21.2. The summed E-state index contributed by atoms with van der Waals surface area (Å²) in [6, 6.07) is 18.3. The molecule has 4 rings (SSSR count). The van der Waals surface area contributed by atoms with Gasteiger partial charge in [0.25, 0.3) is 0 Å². The zero-order valence-electron chi connectivity index (χ0n) is 21.2. The molecule has 3 aromatic rings. The number of halogens is 4. The highest BCUT2D eigenvalue weighted by Gasteiger charge is 2.34. The zero-order chi connectivity index (χ0) is 26.3. The average Bonchev–Trinajstić information content (AvgIpc) is 3.16. The van der Waals surface area contributed by atoms with E-state index >= 15 is 0 Å². The van der Waals surface area contributed by atoms with Crippen molar-refractivity contribution in [3.63, 3.8) is 0 Å². The Kier molecular flexibility index (Phi) is 9.04. The van der Waals surface area contributed by atoms with Crippen LogP contribution in [0.15, 0.2) is 60.7 Å². The van der Waals surface area contributed by atoms with Crippen LogP contribution in [0.25, 0.3) is 23.3 Å². The summed E-state index contributed by atoms with van der Waals surface area (Å²) in [5.41, 5.74) is 3.62. The summed E-state index contributed by atoms with van der Waals surface area (Å²) in [5.74, 6) is 0.310. The van der Waals surface area contributed by atoms with Crippen LogP contribution in [0.5, 0.6) is 5.75 Å². The number of alkyl halides is 4. The largest absolute Gasteiger partial charge is 0.491 e. The van der Waals surface area contributed by atoms with Gasteiger partial charge in [-0.15, -0.1) is 0 Å². The van der Waals surface area contributed by atoms with Crippen molar-refractivity contribution in [3.8, 4) is 16.9 Å². The number of hydrogen-bond donors (Lipinski definition) is 0. The van der Waals surface area contributed by atoms with Crippen molar-refractivity contribution in [1.29, 1.82) is 0 Å². The number of likely N-dealkylation sites (tertiary alicyclic amines) is 1. The highest BCUT2D eigenvalue weighted by molar-refractivity contribution is 5.78. The van der Waals surface area contributed by atoms with Crippen LogP contribution in [0, 0.1) is 6.92 Å². The molecule has 0 atom stereocenters. The van der Waals surface area contributed by atoms with Gasteiger partial charge in [0.15, 0.2) is 0 Å². The number of nitrogens with zero attached hydrogens (tertiary/aromatic N) is 1. The SMILES string of the molecule is Cc1c(/C=C/c2cc(OCCF)c(CN3CCCCCC3)cc2C(F)(F)F)cccc1-c1ccccc1. The molecule has 196 valence electrons. The van der Waals surface area contributed by atoms with Crippen LogP contribution >= 0.6 is 0 Å². The van der Waals surface area contributed by atoms with Crippen molar-refractivity contribution in [2.45, 2.75) is 45.3 Å². The molecule has 0 bridgehead atoms. The lowest BCUT2D eigenvalue weighted by Crippen LogP contribution is -2.25. The summed E-state index contributed by atoms with van der Waals surface area (Å²) in [5, 5.41) is 0. The second kappa shape index (κ2) is 12.4. The predicted octanol–water partition coefficient (Wildman–Crippen LogP) is 8.58. The van der Waals surface area contributed by atoms with Crippen LogP contribution in [0.4, 0.5) is 17.6 Å². The van der Waals surface area contributed by atoms with E-state index in [-0.39, 0.29) is 12.2 Å². The third-order valence-electron chi connectivity index (χ3n) is 6.87. The Morgan fingerprint density at radius 2 is 1.57 bits per heavy atom. The summed E-state index contributed by atoms with van der Waals surface area (Å²) < 4.78 is 61.2. The van der Waals surface area contributed by atoms with Crippen LogP contribution < -0.4 is 4.74 Å². The molecule has 37 heavy (non-hydrogen) atoms. The Hall–Kier alpha value is -3.12. The van der Waals surface area contributed by atoms with E-state index < -0.39 is 18.4 Å². The van der Waals surface area contributed by atoms with E-state index in [0.717, 1.165) is 61.0 Å². The minimum absolute atomic E-state index is 0.00508. The Balaban J connectivity index is 1.71.